The summed E-state index contributed by atoms with van der Waals surface area (Å²) in [5.74, 6) is 5.74. The third-order valence-electron chi connectivity index (χ3n) is 2.94. The van der Waals surface area contributed by atoms with Crippen LogP contribution in [0.25, 0.3) is 0 Å². The smallest absolute Gasteiger partial charge is 0.0904 e. The van der Waals surface area contributed by atoms with Crippen molar-refractivity contribution in [3.8, 4) is 0 Å². The third-order valence-corrected chi connectivity index (χ3v) is 3.55. The fourth-order valence-electron chi connectivity index (χ4n) is 2.12. The number of nitrogens with one attached hydrogen (secondary N) is 1. The first-order chi connectivity index (χ1) is 9.17. The van der Waals surface area contributed by atoms with Gasteiger partial charge in [-0.2, -0.15) is 5.10 Å². The van der Waals surface area contributed by atoms with Crippen molar-refractivity contribution >= 4 is 15.9 Å². The molecule has 0 radical (unpaired) electrons. The highest BCUT2D eigenvalue weighted by atomic mass is 79.9. The van der Waals surface area contributed by atoms with Gasteiger partial charge in [-0.1, -0.05) is 13.0 Å². The van der Waals surface area contributed by atoms with E-state index < -0.39 is 0 Å². The van der Waals surface area contributed by atoms with Crippen LogP contribution in [0.4, 0.5) is 0 Å². The van der Waals surface area contributed by atoms with E-state index >= 15 is 0 Å². The van der Waals surface area contributed by atoms with E-state index in [0.717, 1.165) is 34.3 Å². The Morgan fingerprint density at radius 1 is 1.42 bits per heavy atom. The number of nitrogens with two attached hydrogens (primary N) is 1. The minimum atomic E-state index is -0.129. The largest absolute Gasteiger partial charge is 0.271 e. The first-order valence-electron chi connectivity index (χ1n) is 6.26. The van der Waals surface area contributed by atoms with E-state index in [1.54, 1.807) is 6.20 Å². The van der Waals surface area contributed by atoms with Crippen molar-refractivity contribution in [2.75, 3.05) is 0 Å². The summed E-state index contributed by atoms with van der Waals surface area (Å²) in [4.78, 5) is 4.23. The van der Waals surface area contributed by atoms with Gasteiger partial charge in [0.25, 0.3) is 0 Å². The highest BCUT2D eigenvalue weighted by molar-refractivity contribution is 9.10. The standard InChI is InChI=1S/C13H18BrN5/c1-3-4-19-13(11(14)8-17-19)12(18-15)10-5-9(2)6-16-7-10/h5-8,12,18H,3-4,15H2,1-2H3. The molecule has 2 aromatic heterocycles. The van der Waals surface area contributed by atoms with E-state index in [1.165, 1.54) is 0 Å². The summed E-state index contributed by atoms with van der Waals surface area (Å²) in [5.41, 5.74) is 6.02. The summed E-state index contributed by atoms with van der Waals surface area (Å²) in [5, 5.41) is 4.38. The lowest BCUT2D eigenvalue weighted by Gasteiger charge is -2.19. The molecule has 0 fully saturated rings. The Labute approximate surface area is 121 Å². The van der Waals surface area contributed by atoms with Gasteiger partial charge >= 0.3 is 0 Å². The van der Waals surface area contributed by atoms with Gasteiger partial charge in [-0.25, -0.2) is 5.43 Å². The minimum absolute atomic E-state index is 0.129. The normalized spacial score (nSPS) is 12.6. The molecule has 0 aliphatic carbocycles. The van der Waals surface area contributed by atoms with Crippen LogP contribution in [0.2, 0.25) is 0 Å². The van der Waals surface area contributed by atoms with Crippen LogP contribution in [-0.4, -0.2) is 14.8 Å². The average Bonchev–Trinajstić information content (AvgIpc) is 2.74. The summed E-state index contributed by atoms with van der Waals surface area (Å²) >= 11 is 3.55. The van der Waals surface area contributed by atoms with Crippen molar-refractivity contribution in [3.05, 3.63) is 46.0 Å². The van der Waals surface area contributed by atoms with Crippen molar-refractivity contribution in [1.82, 2.24) is 20.2 Å². The molecule has 0 saturated heterocycles. The number of hydrogen-bond donors (Lipinski definition) is 2. The number of aryl methyl sites for hydroxylation is 2. The molecule has 102 valence electrons. The Morgan fingerprint density at radius 3 is 2.84 bits per heavy atom. The second kappa shape index (κ2) is 6.27. The van der Waals surface area contributed by atoms with Crippen molar-refractivity contribution in [2.24, 2.45) is 5.84 Å². The molecule has 1 atom stereocenters. The highest BCUT2D eigenvalue weighted by Crippen LogP contribution is 2.28. The van der Waals surface area contributed by atoms with Gasteiger partial charge in [0, 0.05) is 18.9 Å². The van der Waals surface area contributed by atoms with Crippen molar-refractivity contribution < 1.29 is 0 Å². The second-order valence-corrected chi connectivity index (χ2v) is 5.35. The third kappa shape index (κ3) is 3.02. The number of aromatic nitrogens is 3. The first-order valence-corrected chi connectivity index (χ1v) is 7.05. The molecule has 1 unspecified atom stereocenters. The molecule has 2 rings (SSSR count). The molecule has 2 aromatic rings. The lowest BCUT2D eigenvalue weighted by molar-refractivity contribution is 0.519. The summed E-state index contributed by atoms with van der Waals surface area (Å²) in [6, 6.07) is 1.95. The number of nitrogens with zero attached hydrogens (tertiary/aromatic N) is 3. The Morgan fingerprint density at radius 2 is 2.21 bits per heavy atom. The first kappa shape index (κ1) is 14.2. The van der Waals surface area contributed by atoms with Crippen LogP contribution in [-0.2, 0) is 6.54 Å². The number of hydrogen-bond acceptors (Lipinski definition) is 4. The Balaban J connectivity index is 2.44. The molecule has 0 aromatic carbocycles. The van der Waals surface area contributed by atoms with E-state index in [9.17, 15) is 0 Å². The van der Waals surface area contributed by atoms with Gasteiger partial charge in [0.15, 0.2) is 0 Å². The molecule has 3 N–H and O–H groups in total. The summed E-state index contributed by atoms with van der Waals surface area (Å²) in [6.45, 7) is 5.00. The lowest BCUT2D eigenvalue weighted by atomic mass is 10.0. The minimum Gasteiger partial charge on any atom is -0.271 e. The molecule has 6 heteroatoms. The van der Waals surface area contributed by atoms with Crippen LogP contribution in [0.5, 0.6) is 0 Å². The van der Waals surface area contributed by atoms with E-state index in [2.05, 4.69) is 44.4 Å². The van der Waals surface area contributed by atoms with Gasteiger partial charge in [-0.3, -0.25) is 15.5 Å². The van der Waals surface area contributed by atoms with Crippen molar-refractivity contribution in [3.63, 3.8) is 0 Å². The van der Waals surface area contributed by atoms with Gasteiger partial charge in [-0.05, 0) is 40.4 Å². The number of hydrazine groups is 1. The molecule has 19 heavy (non-hydrogen) atoms. The zero-order valence-electron chi connectivity index (χ0n) is 11.1. The predicted molar refractivity (Wildman–Crippen MR) is 78.4 cm³/mol. The molecule has 0 saturated carbocycles. The van der Waals surface area contributed by atoms with Crippen molar-refractivity contribution in [1.29, 1.82) is 0 Å². The quantitative estimate of drug-likeness (QED) is 0.654. The summed E-state index contributed by atoms with van der Waals surface area (Å²) in [6.07, 6.45) is 6.48. The molecule has 0 bridgehead atoms. The van der Waals surface area contributed by atoms with Crippen LogP contribution >= 0.6 is 15.9 Å². The average molecular weight is 324 g/mol. The maximum Gasteiger partial charge on any atom is 0.0904 e. The van der Waals surface area contributed by atoms with E-state index in [1.807, 2.05) is 24.0 Å². The van der Waals surface area contributed by atoms with Gasteiger partial charge in [0.1, 0.15) is 0 Å². The summed E-state index contributed by atoms with van der Waals surface area (Å²) < 4.78 is 2.92. The van der Waals surface area contributed by atoms with Gasteiger partial charge in [0.05, 0.1) is 22.4 Å². The van der Waals surface area contributed by atoms with Crippen molar-refractivity contribution in [2.45, 2.75) is 32.9 Å². The second-order valence-electron chi connectivity index (χ2n) is 4.50. The van der Waals surface area contributed by atoms with Gasteiger partial charge in [0.2, 0.25) is 0 Å². The number of halogens is 1. The van der Waals surface area contributed by atoms with Crippen LogP contribution in [0.15, 0.2) is 29.1 Å². The molecule has 0 aliphatic heterocycles. The predicted octanol–water partition coefficient (Wildman–Crippen LogP) is 2.31. The molecule has 2 heterocycles. The van der Waals surface area contributed by atoms with Crippen LogP contribution in [0.3, 0.4) is 0 Å². The monoisotopic (exact) mass is 323 g/mol. The molecule has 5 nitrogen and oxygen atoms in total. The summed E-state index contributed by atoms with van der Waals surface area (Å²) in [7, 11) is 0. The van der Waals surface area contributed by atoms with Crippen LogP contribution in [0.1, 0.15) is 36.2 Å². The van der Waals surface area contributed by atoms with E-state index in [4.69, 9.17) is 5.84 Å². The number of rotatable bonds is 5. The maximum absolute atomic E-state index is 5.74. The van der Waals surface area contributed by atoms with Crippen LogP contribution < -0.4 is 11.3 Å². The molecule has 0 aliphatic rings. The zero-order chi connectivity index (χ0) is 13.8. The zero-order valence-corrected chi connectivity index (χ0v) is 12.7. The van der Waals surface area contributed by atoms with Crippen LogP contribution in [0, 0.1) is 6.92 Å². The molecular weight excluding hydrogens is 306 g/mol. The maximum atomic E-state index is 5.74. The van der Waals surface area contributed by atoms with Gasteiger partial charge in [-0.15, -0.1) is 0 Å². The number of pyridine rings is 1. The fourth-order valence-corrected chi connectivity index (χ4v) is 2.64. The molecular formula is C13H18BrN5. The van der Waals surface area contributed by atoms with E-state index in [0.29, 0.717) is 0 Å². The Hall–Kier alpha value is -1.24. The van der Waals surface area contributed by atoms with Gasteiger partial charge < -0.3 is 0 Å². The molecule has 0 spiro atoms. The topological polar surface area (TPSA) is 68.8 Å². The Kier molecular flexibility index (Phi) is 4.68. The fraction of sp³-hybridized carbons (Fsp3) is 0.385. The molecule has 0 amide bonds. The SMILES string of the molecule is CCCn1ncc(Br)c1C(NN)c1cncc(C)c1. The van der Waals surface area contributed by atoms with E-state index in [-0.39, 0.29) is 6.04 Å². The lowest BCUT2D eigenvalue weighted by Crippen LogP contribution is -2.31. The Bertz CT molecular complexity index is 552. The highest BCUT2D eigenvalue weighted by Gasteiger charge is 2.21.